The number of aryl methyl sites for hydroxylation is 1. The molecule has 0 saturated heterocycles. The summed E-state index contributed by atoms with van der Waals surface area (Å²) in [6.45, 7) is 2.25. The van der Waals surface area contributed by atoms with Crippen molar-refractivity contribution in [2.75, 3.05) is 0 Å². The number of hydrogen-bond donors (Lipinski definition) is 1. The first-order valence-electron chi connectivity index (χ1n) is 9.09. The average molecular weight is 358 g/mol. The summed E-state index contributed by atoms with van der Waals surface area (Å²) in [5.41, 5.74) is 1.10. The molecule has 140 valence electrons. The van der Waals surface area contributed by atoms with Gasteiger partial charge in [0.15, 0.2) is 0 Å². The van der Waals surface area contributed by atoms with Crippen LogP contribution in [0, 0.1) is 0 Å². The van der Waals surface area contributed by atoms with Crippen LogP contribution in [0.15, 0.2) is 29.2 Å². The van der Waals surface area contributed by atoms with Crippen LogP contribution in [0.25, 0.3) is 0 Å². The average Bonchev–Trinajstić information content (AvgIpc) is 2.52. The van der Waals surface area contributed by atoms with Crippen LogP contribution in [0.2, 0.25) is 0 Å². The van der Waals surface area contributed by atoms with E-state index < -0.39 is 10.1 Å². The fourth-order valence-electron chi connectivity index (χ4n) is 2.82. The maximum atomic E-state index is 10.8. The zero-order valence-corrected chi connectivity index (χ0v) is 16.2. The molecule has 1 aromatic rings. The first-order chi connectivity index (χ1) is 11.0. The lowest BCUT2D eigenvalue weighted by Gasteiger charge is -2.08. The van der Waals surface area contributed by atoms with Crippen LogP contribution < -0.4 is 6.15 Å². The van der Waals surface area contributed by atoms with Crippen LogP contribution in [0.5, 0.6) is 0 Å². The predicted molar refractivity (Wildman–Crippen MR) is 101 cm³/mol. The van der Waals surface area contributed by atoms with E-state index in [-0.39, 0.29) is 11.0 Å². The van der Waals surface area contributed by atoms with Crippen molar-refractivity contribution in [1.82, 2.24) is 6.15 Å². The highest BCUT2D eigenvalue weighted by atomic mass is 32.2. The standard InChI is InChI=1S/C19H32O3S.H3N/c1-2-3-4-5-6-7-8-9-10-11-12-13-18-14-16-19(17-15-18)23(20,21)22;/h14-17H,2-13H2,1H3,(H,20,21,22);1H3. The first-order valence-corrected chi connectivity index (χ1v) is 10.5. The Morgan fingerprint density at radius 3 is 1.58 bits per heavy atom. The van der Waals surface area contributed by atoms with E-state index in [1.165, 1.54) is 76.3 Å². The highest BCUT2D eigenvalue weighted by molar-refractivity contribution is 7.85. The topological polar surface area (TPSA) is 93.7 Å². The van der Waals surface area contributed by atoms with Gasteiger partial charge in [-0.15, -0.1) is 0 Å². The van der Waals surface area contributed by atoms with Crippen LogP contribution >= 0.6 is 0 Å². The molecule has 4 nitrogen and oxygen atoms in total. The Hall–Kier alpha value is -0.910. The summed E-state index contributed by atoms with van der Waals surface area (Å²) in [4.78, 5) is -0.139. The summed E-state index contributed by atoms with van der Waals surface area (Å²) in [6.07, 6.45) is 15.5. The molecule has 0 fully saturated rings. The molecule has 0 heterocycles. The van der Waals surface area contributed by atoms with Gasteiger partial charge in [-0.1, -0.05) is 83.3 Å². The molecule has 1 rings (SSSR count). The van der Waals surface area contributed by atoms with Gasteiger partial charge in [-0.05, 0) is 30.5 Å². The summed E-state index contributed by atoms with van der Waals surface area (Å²) in [5, 5.41) is 0. The Labute approximate surface area is 148 Å². The minimum atomic E-state index is -4.32. The fraction of sp³-hybridized carbons (Fsp3) is 0.684. The van der Waals surface area contributed by atoms with Crippen molar-refractivity contribution in [1.29, 1.82) is 0 Å². The number of hydrogen-bond acceptors (Lipinski definition) is 3. The Kier molecular flexibility index (Phi) is 12.9. The molecule has 0 spiro atoms. The Balaban J connectivity index is 0.00000529. The van der Waals surface area contributed by atoms with E-state index in [0.29, 0.717) is 0 Å². The smallest absolute Gasteiger partial charge is 0.124 e. The summed E-state index contributed by atoms with van der Waals surface area (Å²) >= 11 is 0. The molecule has 0 aliphatic rings. The second kappa shape index (κ2) is 13.4. The van der Waals surface area contributed by atoms with Crippen molar-refractivity contribution in [2.45, 2.75) is 88.9 Å². The molecule has 0 aliphatic heterocycles. The van der Waals surface area contributed by atoms with Gasteiger partial charge in [0, 0.05) is 0 Å². The molecule has 0 aromatic heterocycles. The monoisotopic (exact) mass is 357 g/mol. The third-order valence-corrected chi connectivity index (χ3v) is 5.13. The molecular formula is C19H35NO3S. The minimum Gasteiger partial charge on any atom is -0.744 e. The summed E-state index contributed by atoms with van der Waals surface area (Å²) in [6, 6.07) is 6.33. The first kappa shape index (κ1) is 23.1. The van der Waals surface area contributed by atoms with Gasteiger partial charge in [0.05, 0.1) is 4.90 Å². The number of unbranched alkanes of at least 4 members (excludes halogenated alkanes) is 10. The molecule has 0 radical (unpaired) electrons. The van der Waals surface area contributed by atoms with E-state index in [4.69, 9.17) is 0 Å². The molecule has 0 bridgehead atoms. The lowest BCUT2D eigenvalue weighted by atomic mass is 10.0. The molecule has 24 heavy (non-hydrogen) atoms. The van der Waals surface area contributed by atoms with Gasteiger partial charge in [0.25, 0.3) is 0 Å². The van der Waals surface area contributed by atoms with Crippen molar-refractivity contribution in [2.24, 2.45) is 0 Å². The zero-order valence-electron chi connectivity index (χ0n) is 15.4. The normalized spacial score (nSPS) is 11.2. The molecule has 0 saturated carbocycles. The van der Waals surface area contributed by atoms with Gasteiger partial charge in [-0.2, -0.15) is 0 Å². The second-order valence-electron chi connectivity index (χ2n) is 6.38. The molecule has 5 heteroatoms. The minimum absolute atomic E-state index is 0. The number of quaternary nitrogens is 1. The molecule has 0 unspecified atom stereocenters. The molecule has 0 aliphatic carbocycles. The van der Waals surface area contributed by atoms with Gasteiger partial charge >= 0.3 is 0 Å². The second-order valence-corrected chi connectivity index (χ2v) is 7.76. The van der Waals surface area contributed by atoms with Gasteiger partial charge in [-0.25, -0.2) is 8.42 Å². The van der Waals surface area contributed by atoms with E-state index in [9.17, 15) is 13.0 Å². The zero-order chi connectivity index (χ0) is 17.0. The van der Waals surface area contributed by atoms with E-state index in [1.54, 1.807) is 12.1 Å². The number of rotatable bonds is 13. The molecule has 4 N–H and O–H groups in total. The lowest BCUT2D eigenvalue weighted by molar-refractivity contribution is 0.463. The molecular weight excluding hydrogens is 322 g/mol. The maximum Gasteiger partial charge on any atom is 0.124 e. The van der Waals surface area contributed by atoms with Crippen LogP contribution in [0.4, 0.5) is 0 Å². The van der Waals surface area contributed by atoms with E-state index in [2.05, 4.69) is 6.92 Å². The van der Waals surface area contributed by atoms with Crippen molar-refractivity contribution >= 4 is 10.1 Å². The summed E-state index contributed by atoms with van der Waals surface area (Å²) in [5.74, 6) is 0. The Morgan fingerprint density at radius 2 is 1.17 bits per heavy atom. The number of benzene rings is 1. The van der Waals surface area contributed by atoms with Crippen LogP contribution in [0.1, 0.15) is 83.1 Å². The fourth-order valence-corrected chi connectivity index (χ4v) is 3.29. The van der Waals surface area contributed by atoms with Crippen LogP contribution in [-0.4, -0.2) is 13.0 Å². The van der Waals surface area contributed by atoms with Crippen molar-refractivity contribution in [3.63, 3.8) is 0 Å². The summed E-state index contributed by atoms with van der Waals surface area (Å²) in [7, 11) is -4.32. The SMILES string of the molecule is CCCCCCCCCCCCCc1ccc(S(=O)(=O)[O-])cc1.[NH4+]. The van der Waals surface area contributed by atoms with Gasteiger partial charge in [0.1, 0.15) is 10.1 Å². The predicted octanol–water partition coefficient (Wildman–Crippen LogP) is 5.82. The van der Waals surface area contributed by atoms with E-state index in [0.717, 1.165) is 18.4 Å². The Morgan fingerprint density at radius 1 is 0.750 bits per heavy atom. The third-order valence-electron chi connectivity index (χ3n) is 4.28. The largest absolute Gasteiger partial charge is 0.744 e. The van der Waals surface area contributed by atoms with Crippen LogP contribution in [-0.2, 0) is 16.5 Å². The van der Waals surface area contributed by atoms with Crippen molar-refractivity contribution in [3.05, 3.63) is 29.8 Å². The van der Waals surface area contributed by atoms with Crippen molar-refractivity contribution in [3.8, 4) is 0 Å². The molecule has 0 amide bonds. The van der Waals surface area contributed by atoms with Gasteiger partial charge < -0.3 is 10.7 Å². The third kappa shape index (κ3) is 10.8. The van der Waals surface area contributed by atoms with Crippen LogP contribution in [0.3, 0.4) is 0 Å². The van der Waals surface area contributed by atoms with E-state index in [1.807, 2.05) is 0 Å². The highest BCUT2D eigenvalue weighted by Gasteiger charge is 2.01. The van der Waals surface area contributed by atoms with Crippen molar-refractivity contribution < 1.29 is 13.0 Å². The lowest BCUT2D eigenvalue weighted by Crippen LogP contribution is -1.98. The maximum absolute atomic E-state index is 10.8. The van der Waals surface area contributed by atoms with Gasteiger partial charge in [0.2, 0.25) is 0 Å². The van der Waals surface area contributed by atoms with E-state index >= 15 is 0 Å². The quantitative estimate of drug-likeness (QED) is 0.356. The summed E-state index contributed by atoms with van der Waals surface area (Å²) < 4.78 is 32.5. The molecule has 1 aromatic carbocycles. The molecule has 0 atom stereocenters. The Bertz CT molecular complexity index is 512. The van der Waals surface area contributed by atoms with Gasteiger partial charge in [-0.3, -0.25) is 0 Å². The highest BCUT2D eigenvalue weighted by Crippen LogP contribution is 2.14.